The van der Waals surface area contributed by atoms with Gasteiger partial charge in [-0.15, -0.1) is 0 Å². The average molecular weight is 321 g/mol. The van der Waals surface area contributed by atoms with Crippen LogP contribution in [0.2, 0.25) is 0 Å². The summed E-state index contributed by atoms with van der Waals surface area (Å²) >= 11 is 0. The van der Waals surface area contributed by atoms with E-state index in [1.807, 2.05) is 0 Å². The lowest BCUT2D eigenvalue weighted by Gasteiger charge is -2.10. The van der Waals surface area contributed by atoms with E-state index < -0.39 is 15.9 Å². The second kappa shape index (κ2) is 6.04. The summed E-state index contributed by atoms with van der Waals surface area (Å²) in [4.78, 5) is 11.4. The lowest BCUT2D eigenvalue weighted by Crippen LogP contribution is -2.13. The molecule has 0 radical (unpaired) electrons. The molecule has 0 aliphatic carbocycles. The van der Waals surface area contributed by atoms with E-state index in [9.17, 15) is 13.2 Å². The molecular formula is C14H15N3O4S. The fraction of sp³-hybridized carbons (Fsp3) is 0.0714. The fourth-order valence-corrected chi connectivity index (χ4v) is 2.39. The molecule has 0 bridgehead atoms. The van der Waals surface area contributed by atoms with Gasteiger partial charge in [-0.25, -0.2) is 13.6 Å². The maximum Gasteiger partial charge on any atom is 0.252 e. The summed E-state index contributed by atoms with van der Waals surface area (Å²) in [6.07, 6.45) is 0. The van der Waals surface area contributed by atoms with Gasteiger partial charge in [-0.2, -0.15) is 0 Å². The lowest BCUT2D eigenvalue weighted by molar-refractivity contribution is 0.0997. The number of primary amides is 1. The van der Waals surface area contributed by atoms with E-state index in [1.54, 1.807) is 30.3 Å². The third-order valence-electron chi connectivity index (χ3n) is 2.94. The number of anilines is 2. The summed E-state index contributed by atoms with van der Waals surface area (Å²) < 4.78 is 27.4. The molecule has 2 rings (SSSR count). The van der Waals surface area contributed by atoms with E-state index in [4.69, 9.17) is 15.6 Å². The van der Waals surface area contributed by atoms with Crippen molar-refractivity contribution in [2.75, 3.05) is 12.4 Å². The first-order chi connectivity index (χ1) is 10.3. The minimum atomic E-state index is -3.72. The Bertz CT molecular complexity index is 801. The van der Waals surface area contributed by atoms with Crippen LogP contribution in [0.4, 0.5) is 11.4 Å². The quantitative estimate of drug-likeness (QED) is 0.763. The lowest BCUT2D eigenvalue weighted by atomic mass is 10.1. The Labute approximate surface area is 127 Å². The average Bonchev–Trinajstić information content (AvgIpc) is 2.46. The van der Waals surface area contributed by atoms with Gasteiger partial charge < -0.3 is 15.8 Å². The molecule has 116 valence electrons. The number of sulfonamides is 1. The number of rotatable bonds is 5. The van der Waals surface area contributed by atoms with Gasteiger partial charge in [0.25, 0.3) is 5.91 Å². The minimum absolute atomic E-state index is 0.0191. The van der Waals surface area contributed by atoms with Crippen LogP contribution < -0.4 is 20.9 Å². The van der Waals surface area contributed by atoms with Crippen LogP contribution in [-0.2, 0) is 10.0 Å². The first-order valence-electron chi connectivity index (χ1n) is 6.19. The molecule has 0 saturated heterocycles. The Hall–Kier alpha value is -2.58. The number of carbonyl (C=O) groups excluding carboxylic acids is 1. The predicted molar refractivity (Wildman–Crippen MR) is 82.6 cm³/mol. The zero-order chi connectivity index (χ0) is 16.3. The van der Waals surface area contributed by atoms with Gasteiger partial charge in [0, 0.05) is 11.4 Å². The first kappa shape index (κ1) is 15.8. The highest BCUT2D eigenvalue weighted by Crippen LogP contribution is 2.25. The zero-order valence-corrected chi connectivity index (χ0v) is 12.6. The first-order valence-corrected chi connectivity index (χ1v) is 7.73. The van der Waals surface area contributed by atoms with Gasteiger partial charge >= 0.3 is 0 Å². The molecular weight excluding hydrogens is 306 g/mol. The van der Waals surface area contributed by atoms with Crippen LogP contribution in [0.1, 0.15) is 10.4 Å². The minimum Gasteiger partial charge on any atom is -0.496 e. The number of hydrogen-bond donors (Lipinski definition) is 3. The van der Waals surface area contributed by atoms with E-state index in [1.165, 1.54) is 19.2 Å². The molecule has 0 aliphatic heterocycles. The molecule has 0 atom stereocenters. The topological polar surface area (TPSA) is 125 Å². The highest BCUT2D eigenvalue weighted by molar-refractivity contribution is 7.89. The van der Waals surface area contributed by atoms with Gasteiger partial charge in [0.2, 0.25) is 10.0 Å². The number of methoxy groups -OCH3 is 1. The van der Waals surface area contributed by atoms with Crippen molar-refractivity contribution >= 4 is 27.3 Å². The van der Waals surface area contributed by atoms with Crippen molar-refractivity contribution in [2.45, 2.75) is 4.90 Å². The molecule has 2 aromatic carbocycles. The molecule has 5 N–H and O–H groups in total. The monoisotopic (exact) mass is 321 g/mol. The summed E-state index contributed by atoms with van der Waals surface area (Å²) in [5, 5.41) is 8.06. The number of ether oxygens (including phenoxy) is 1. The number of carbonyl (C=O) groups is 1. The standard InChI is InChI=1S/C14H15N3O4S/c1-21-13-7-4-10(8-12(13)14(15)18)17-9-2-5-11(6-3-9)22(16,19)20/h2-8,17H,1H3,(H2,15,18)(H2,16,19,20). The molecule has 22 heavy (non-hydrogen) atoms. The maximum absolute atomic E-state index is 11.4. The smallest absolute Gasteiger partial charge is 0.252 e. The van der Waals surface area contributed by atoms with Crippen molar-refractivity contribution in [3.05, 3.63) is 48.0 Å². The van der Waals surface area contributed by atoms with E-state index in [-0.39, 0.29) is 10.5 Å². The number of hydrogen-bond acceptors (Lipinski definition) is 5. The Morgan fingerprint density at radius 1 is 1.09 bits per heavy atom. The molecule has 0 aromatic heterocycles. The molecule has 0 aliphatic rings. The molecule has 0 saturated carbocycles. The maximum atomic E-state index is 11.4. The Balaban J connectivity index is 2.27. The summed E-state index contributed by atoms with van der Waals surface area (Å²) in [6.45, 7) is 0. The largest absolute Gasteiger partial charge is 0.496 e. The zero-order valence-electron chi connectivity index (χ0n) is 11.7. The van der Waals surface area contributed by atoms with Crippen molar-refractivity contribution in [1.82, 2.24) is 0 Å². The van der Waals surface area contributed by atoms with E-state index in [0.29, 0.717) is 17.1 Å². The van der Waals surface area contributed by atoms with Crippen LogP contribution in [0, 0.1) is 0 Å². The normalized spacial score (nSPS) is 11.0. The fourth-order valence-electron chi connectivity index (χ4n) is 1.87. The Kier molecular flexibility index (Phi) is 4.34. The molecule has 0 spiro atoms. The number of benzene rings is 2. The number of nitrogens with two attached hydrogens (primary N) is 2. The Morgan fingerprint density at radius 2 is 1.68 bits per heavy atom. The summed E-state index contributed by atoms with van der Waals surface area (Å²) in [6, 6.07) is 10.8. The van der Waals surface area contributed by atoms with Crippen molar-refractivity contribution < 1.29 is 17.9 Å². The van der Waals surface area contributed by atoms with Crippen LogP contribution in [-0.4, -0.2) is 21.4 Å². The molecule has 2 aromatic rings. The highest BCUT2D eigenvalue weighted by Gasteiger charge is 2.10. The van der Waals surface area contributed by atoms with Crippen LogP contribution in [0.15, 0.2) is 47.4 Å². The van der Waals surface area contributed by atoms with Gasteiger partial charge in [0.15, 0.2) is 0 Å². The van der Waals surface area contributed by atoms with E-state index in [0.717, 1.165) is 0 Å². The summed E-state index contributed by atoms with van der Waals surface area (Å²) in [5.41, 5.74) is 6.78. The van der Waals surface area contributed by atoms with Crippen LogP contribution in [0.3, 0.4) is 0 Å². The summed E-state index contributed by atoms with van der Waals surface area (Å²) in [5.74, 6) is -0.229. The molecule has 0 heterocycles. The van der Waals surface area contributed by atoms with Crippen LogP contribution in [0.5, 0.6) is 5.75 Å². The van der Waals surface area contributed by atoms with Crippen molar-refractivity contribution in [3.8, 4) is 5.75 Å². The van der Waals surface area contributed by atoms with Crippen molar-refractivity contribution in [1.29, 1.82) is 0 Å². The number of amides is 1. The molecule has 1 amide bonds. The second-order valence-corrected chi connectivity index (χ2v) is 6.04. The molecule has 7 nitrogen and oxygen atoms in total. The van der Waals surface area contributed by atoms with Crippen LogP contribution in [0.25, 0.3) is 0 Å². The SMILES string of the molecule is COc1ccc(Nc2ccc(S(N)(=O)=O)cc2)cc1C(N)=O. The number of nitrogens with one attached hydrogen (secondary N) is 1. The van der Waals surface area contributed by atoms with Crippen molar-refractivity contribution in [2.24, 2.45) is 10.9 Å². The third-order valence-corrected chi connectivity index (χ3v) is 3.87. The molecule has 0 fully saturated rings. The van der Waals surface area contributed by atoms with E-state index >= 15 is 0 Å². The van der Waals surface area contributed by atoms with Gasteiger partial charge in [-0.1, -0.05) is 0 Å². The van der Waals surface area contributed by atoms with E-state index in [2.05, 4.69) is 5.32 Å². The highest BCUT2D eigenvalue weighted by atomic mass is 32.2. The van der Waals surface area contributed by atoms with Gasteiger partial charge in [0.05, 0.1) is 17.6 Å². The van der Waals surface area contributed by atoms with Gasteiger partial charge in [-0.05, 0) is 42.5 Å². The van der Waals surface area contributed by atoms with Gasteiger partial charge in [0.1, 0.15) is 5.75 Å². The van der Waals surface area contributed by atoms with Crippen LogP contribution >= 0.6 is 0 Å². The predicted octanol–water partition coefficient (Wildman–Crippen LogP) is 1.19. The number of primary sulfonamides is 1. The third kappa shape index (κ3) is 3.54. The molecule has 0 unspecified atom stereocenters. The van der Waals surface area contributed by atoms with Gasteiger partial charge in [-0.3, -0.25) is 4.79 Å². The van der Waals surface area contributed by atoms with Crippen molar-refractivity contribution in [3.63, 3.8) is 0 Å². The second-order valence-electron chi connectivity index (χ2n) is 4.47. The molecule has 8 heteroatoms. The Morgan fingerprint density at radius 3 is 2.18 bits per heavy atom. The summed E-state index contributed by atoms with van der Waals surface area (Å²) in [7, 11) is -2.28.